The lowest BCUT2D eigenvalue weighted by Gasteiger charge is -2.22. The van der Waals surface area contributed by atoms with Crippen molar-refractivity contribution in [3.63, 3.8) is 0 Å². The summed E-state index contributed by atoms with van der Waals surface area (Å²) in [6.07, 6.45) is 2.16. The van der Waals surface area contributed by atoms with E-state index in [0.29, 0.717) is 22.8 Å². The second kappa shape index (κ2) is 8.58. The third-order valence-electron chi connectivity index (χ3n) is 5.98. The van der Waals surface area contributed by atoms with Gasteiger partial charge in [0.05, 0.1) is 16.6 Å². The standard InChI is InChI=1S/C24H21F4N5O/c25-18-8-6-14(12-17(18)24(26,27)28)22-31-19-9-7-16(34)13-20(19)33(22)21-10-11-29-23(32-21)30-15-4-2-1-3-5-15/h6-13,15,34H,1-5H2,(H,29,30,32). The average molecular weight is 471 g/mol. The first kappa shape index (κ1) is 22.1. The molecule has 0 radical (unpaired) electrons. The lowest BCUT2D eigenvalue weighted by Crippen LogP contribution is -2.23. The van der Waals surface area contributed by atoms with E-state index in [4.69, 9.17) is 0 Å². The first-order chi connectivity index (χ1) is 16.3. The Hall–Kier alpha value is -3.69. The smallest absolute Gasteiger partial charge is 0.419 e. The fourth-order valence-corrected chi connectivity index (χ4v) is 4.34. The zero-order chi connectivity index (χ0) is 23.9. The molecule has 1 aliphatic carbocycles. The van der Waals surface area contributed by atoms with Crippen LogP contribution in [0.1, 0.15) is 37.7 Å². The van der Waals surface area contributed by atoms with Crippen molar-refractivity contribution in [3.8, 4) is 23.0 Å². The van der Waals surface area contributed by atoms with Crippen LogP contribution in [0.25, 0.3) is 28.2 Å². The minimum atomic E-state index is -4.86. The highest BCUT2D eigenvalue weighted by Gasteiger charge is 2.34. The summed E-state index contributed by atoms with van der Waals surface area (Å²) in [7, 11) is 0. The number of nitrogens with one attached hydrogen (secondary N) is 1. The van der Waals surface area contributed by atoms with Crippen molar-refractivity contribution in [2.75, 3.05) is 5.32 Å². The van der Waals surface area contributed by atoms with Gasteiger partial charge < -0.3 is 10.4 Å². The SMILES string of the molecule is Oc1ccc2nc(-c3ccc(F)c(C(F)(F)F)c3)n(-c3ccnc(NC4CCCCC4)n3)c2c1. The van der Waals surface area contributed by atoms with E-state index in [9.17, 15) is 22.7 Å². The predicted octanol–water partition coefficient (Wildman–Crippen LogP) is 6.09. The van der Waals surface area contributed by atoms with E-state index in [1.807, 2.05) is 0 Å². The van der Waals surface area contributed by atoms with E-state index >= 15 is 0 Å². The average Bonchev–Trinajstić information content (AvgIpc) is 3.18. The number of aromatic nitrogens is 4. The molecule has 0 bridgehead atoms. The Bertz CT molecular complexity index is 1350. The van der Waals surface area contributed by atoms with Gasteiger partial charge in [-0.3, -0.25) is 4.57 Å². The number of benzene rings is 2. The van der Waals surface area contributed by atoms with Gasteiger partial charge in [0.15, 0.2) is 0 Å². The number of imidazole rings is 1. The van der Waals surface area contributed by atoms with Gasteiger partial charge in [-0.1, -0.05) is 19.3 Å². The first-order valence-corrected chi connectivity index (χ1v) is 11.0. The van der Waals surface area contributed by atoms with Crippen molar-refractivity contribution in [2.24, 2.45) is 0 Å². The zero-order valence-corrected chi connectivity index (χ0v) is 18.0. The Morgan fingerprint density at radius 1 is 0.971 bits per heavy atom. The second-order valence-electron chi connectivity index (χ2n) is 8.35. The fraction of sp³-hybridized carbons (Fsp3) is 0.292. The van der Waals surface area contributed by atoms with Gasteiger partial charge in [-0.25, -0.2) is 14.4 Å². The van der Waals surface area contributed by atoms with Crippen LogP contribution in [0.2, 0.25) is 0 Å². The summed E-state index contributed by atoms with van der Waals surface area (Å²) < 4.78 is 55.6. The molecule has 4 aromatic rings. The highest BCUT2D eigenvalue weighted by molar-refractivity contribution is 5.84. The van der Waals surface area contributed by atoms with Crippen LogP contribution in [0.15, 0.2) is 48.7 Å². The van der Waals surface area contributed by atoms with Gasteiger partial charge in [0.1, 0.15) is 23.2 Å². The third-order valence-corrected chi connectivity index (χ3v) is 5.98. The summed E-state index contributed by atoms with van der Waals surface area (Å²) in [6.45, 7) is 0. The molecule has 0 amide bonds. The predicted molar refractivity (Wildman–Crippen MR) is 119 cm³/mol. The van der Waals surface area contributed by atoms with Crippen LogP contribution >= 0.6 is 0 Å². The number of fused-ring (bicyclic) bond motifs is 1. The van der Waals surface area contributed by atoms with Crippen molar-refractivity contribution in [3.05, 3.63) is 60.0 Å². The molecule has 2 heterocycles. The Labute approximate surface area is 192 Å². The van der Waals surface area contributed by atoms with Crippen LogP contribution in [0.5, 0.6) is 5.75 Å². The number of anilines is 1. The summed E-state index contributed by atoms with van der Waals surface area (Å²) in [6, 6.07) is 9.05. The van der Waals surface area contributed by atoms with Crippen molar-refractivity contribution >= 4 is 17.0 Å². The van der Waals surface area contributed by atoms with Crippen LogP contribution in [0, 0.1) is 5.82 Å². The van der Waals surface area contributed by atoms with E-state index in [1.54, 1.807) is 18.3 Å². The molecule has 0 aliphatic heterocycles. The molecule has 1 saturated carbocycles. The third kappa shape index (κ3) is 4.27. The minimum Gasteiger partial charge on any atom is -0.508 e. The van der Waals surface area contributed by atoms with E-state index in [-0.39, 0.29) is 23.2 Å². The van der Waals surface area contributed by atoms with E-state index in [0.717, 1.165) is 37.8 Å². The number of aromatic hydroxyl groups is 1. The summed E-state index contributed by atoms with van der Waals surface area (Å²) in [5.41, 5.74) is -0.445. The molecular formula is C24H21F4N5O. The van der Waals surface area contributed by atoms with Gasteiger partial charge in [0, 0.05) is 23.9 Å². The number of rotatable bonds is 4. The lowest BCUT2D eigenvalue weighted by molar-refractivity contribution is -0.139. The van der Waals surface area contributed by atoms with Gasteiger partial charge in [0.2, 0.25) is 5.95 Å². The fourth-order valence-electron chi connectivity index (χ4n) is 4.34. The Morgan fingerprint density at radius 2 is 1.76 bits per heavy atom. The van der Waals surface area contributed by atoms with Crippen LogP contribution in [-0.2, 0) is 6.18 Å². The largest absolute Gasteiger partial charge is 0.508 e. The zero-order valence-electron chi connectivity index (χ0n) is 18.0. The molecular weight excluding hydrogens is 450 g/mol. The number of alkyl halides is 3. The molecule has 34 heavy (non-hydrogen) atoms. The van der Waals surface area contributed by atoms with Crippen molar-refractivity contribution in [2.45, 2.75) is 44.3 Å². The molecule has 1 fully saturated rings. The molecule has 0 saturated heterocycles. The summed E-state index contributed by atoms with van der Waals surface area (Å²) in [5.74, 6) is -0.516. The molecule has 2 N–H and O–H groups in total. The monoisotopic (exact) mass is 471 g/mol. The second-order valence-corrected chi connectivity index (χ2v) is 8.35. The Kier molecular flexibility index (Phi) is 5.59. The van der Waals surface area contributed by atoms with Gasteiger partial charge >= 0.3 is 6.18 Å². The maximum absolute atomic E-state index is 13.9. The number of hydrogen-bond acceptors (Lipinski definition) is 5. The molecule has 2 aromatic heterocycles. The highest BCUT2D eigenvalue weighted by atomic mass is 19.4. The molecule has 0 unspecified atom stereocenters. The number of phenols is 1. The summed E-state index contributed by atoms with van der Waals surface area (Å²) in [4.78, 5) is 13.4. The van der Waals surface area contributed by atoms with Gasteiger partial charge in [0.25, 0.3) is 0 Å². The van der Waals surface area contributed by atoms with Crippen molar-refractivity contribution in [1.29, 1.82) is 0 Å². The number of hydrogen-bond donors (Lipinski definition) is 2. The highest BCUT2D eigenvalue weighted by Crippen LogP contribution is 2.36. The number of halogens is 4. The van der Waals surface area contributed by atoms with E-state index in [1.165, 1.54) is 29.2 Å². The molecule has 10 heteroatoms. The Balaban J connectivity index is 1.65. The molecule has 0 atom stereocenters. The lowest BCUT2D eigenvalue weighted by atomic mass is 9.96. The van der Waals surface area contributed by atoms with Crippen molar-refractivity contribution < 1.29 is 22.7 Å². The number of nitrogens with zero attached hydrogens (tertiary/aromatic N) is 4. The van der Waals surface area contributed by atoms with Gasteiger partial charge in [-0.15, -0.1) is 0 Å². The normalized spacial score (nSPS) is 15.1. The van der Waals surface area contributed by atoms with E-state index in [2.05, 4.69) is 20.3 Å². The molecule has 5 rings (SSSR count). The van der Waals surface area contributed by atoms with Crippen LogP contribution in [-0.4, -0.2) is 30.7 Å². The topological polar surface area (TPSA) is 75.9 Å². The quantitative estimate of drug-likeness (QED) is 0.352. The molecule has 1 aliphatic rings. The summed E-state index contributed by atoms with van der Waals surface area (Å²) >= 11 is 0. The molecule has 6 nitrogen and oxygen atoms in total. The van der Waals surface area contributed by atoms with Crippen LogP contribution < -0.4 is 5.32 Å². The first-order valence-electron chi connectivity index (χ1n) is 11.0. The summed E-state index contributed by atoms with van der Waals surface area (Å²) in [5, 5.41) is 13.4. The number of phenolic OH excluding ortho intramolecular Hbond substituents is 1. The molecule has 176 valence electrons. The van der Waals surface area contributed by atoms with Crippen molar-refractivity contribution in [1.82, 2.24) is 19.5 Å². The molecule has 0 spiro atoms. The molecule has 2 aromatic carbocycles. The van der Waals surface area contributed by atoms with Crippen LogP contribution in [0.3, 0.4) is 0 Å². The maximum atomic E-state index is 13.9. The van der Waals surface area contributed by atoms with Gasteiger partial charge in [-0.2, -0.15) is 18.2 Å². The minimum absolute atomic E-state index is 0.0371. The maximum Gasteiger partial charge on any atom is 0.419 e. The van der Waals surface area contributed by atoms with E-state index < -0.39 is 17.6 Å². The Morgan fingerprint density at radius 3 is 2.53 bits per heavy atom. The van der Waals surface area contributed by atoms with Crippen LogP contribution in [0.4, 0.5) is 23.5 Å². The van der Waals surface area contributed by atoms with Gasteiger partial charge in [-0.05, 0) is 49.2 Å².